The van der Waals surface area contributed by atoms with E-state index in [1.165, 1.54) is 23.9 Å². The van der Waals surface area contributed by atoms with Gasteiger partial charge in [-0.05, 0) is 49.4 Å². The molecule has 3 aromatic rings. The van der Waals surface area contributed by atoms with E-state index in [9.17, 15) is 9.18 Å². The minimum atomic E-state index is -0.328. The lowest BCUT2D eigenvalue weighted by molar-refractivity contribution is -0.113. The lowest BCUT2D eigenvalue weighted by atomic mass is 10.3. The summed E-state index contributed by atoms with van der Waals surface area (Å²) in [7, 11) is 0. The fraction of sp³-hybridized carbons (Fsp3) is 0.211. The molecule has 6 nitrogen and oxygen atoms in total. The Labute approximate surface area is 181 Å². The molecule has 2 aromatic carbocycles. The summed E-state index contributed by atoms with van der Waals surface area (Å²) in [5.74, 6) is 0.724. The number of nitrogens with one attached hydrogen (secondary N) is 1. The Balaban J connectivity index is 1.58. The zero-order valence-corrected chi connectivity index (χ0v) is 17.7. The summed E-state index contributed by atoms with van der Waals surface area (Å²) in [6.45, 7) is 2.74. The highest BCUT2D eigenvalue weighted by atomic mass is 35.5. The third-order valence-corrected chi connectivity index (χ3v) is 5.34. The molecule has 0 fully saturated rings. The molecular formula is C19H17Cl2FN4O2S. The summed E-state index contributed by atoms with van der Waals surface area (Å²) in [6.07, 6.45) is 0. The van der Waals surface area contributed by atoms with E-state index in [2.05, 4.69) is 15.5 Å². The SMILES string of the molecule is CCn1c(COc2ccc(F)cc2)nnc1SCC(=O)Nc1ccc(Cl)cc1Cl. The molecule has 0 radical (unpaired) electrons. The Hall–Kier alpha value is -2.29. The number of thioether (sulfide) groups is 1. The maximum Gasteiger partial charge on any atom is 0.234 e. The molecule has 10 heteroatoms. The summed E-state index contributed by atoms with van der Waals surface area (Å²) in [5, 5.41) is 12.5. The van der Waals surface area contributed by atoms with Gasteiger partial charge in [0.2, 0.25) is 5.91 Å². The van der Waals surface area contributed by atoms with E-state index in [1.807, 2.05) is 11.5 Å². The van der Waals surface area contributed by atoms with Crippen LogP contribution in [-0.4, -0.2) is 26.4 Å². The normalized spacial score (nSPS) is 10.8. The average molecular weight is 455 g/mol. The quantitative estimate of drug-likeness (QED) is 0.482. The van der Waals surface area contributed by atoms with Gasteiger partial charge in [-0.1, -0.05) is 35.0 Å². The Kier molecular flexibility index (Phi) is 7.35. The van der Waals surface area contributed by atoms with Crippen molar-refractivity contribution in [2.45, 2.75) is 25.2 Å². The zero-order valence-electron chi connectivity index (χ0n) is 15.4. The molecule has 0 aliphatic rings. The van der Waals surface area contributed by atoms with Crippen LogP contribution in [0, 0.1) is 5.82 Å². The van der Waals surface area contributed by atoms with Gasteiger partial charge in [-0.2, -0.15) is 0 Å². The topological polar surface area (TPSA) is 69.0 Å². The number of benzene rings is 2. The molecule has 0 saturated heterocycles. The highest BCUT2D eigenvalue weighted by Gasteiger charge is 2.14. The number of aromatic nitrogens is 3. The van der Waals surface area contributed by atoms with Crippen LogP contribution in [0.1, 0.15) is 12.7 Å². The van der Waals surface area contributed by atoms with Crippen LogP contribution in [0.15, 0.2) is 47.6 Å². The lowest BCUT2D eigenvalue weighted by Gasteiger charge is -2.09. The van der Waals surface area contributed by atoms with Gasteiger partial charge in [-0.3, -0.25) is 4.79 Å². The third-order valence-electron chi connectivity index (χ3n) is 3.83. The van der Waals surface area contributed by atoms with E-state index < -0.39 is 0 Å². The van der Waals surface area contributed by atoms with Crippen molar-refractivity contribution in [3.63, 3.8) is 0 Å². The zero-order chi connectivity index (χ0) is 20.8. The van der Waals surface area contributed by atoms with Crippen LogP contribution in [-0.2, 0) is 17.9 Å². The minimum absolute atomic E-state index is 0.135. The summed E-state index contributed by atoms with van der Waals surface area (Å²) in [5.41, 5.74) is 0.493. The number of amides is 1. The van der Waals surface area contributed by atoms with Gasteiger partial charge in [0.15, 0.2) is 11.0 Å². The van der Waals surface area contributed by atoms with Crippen molar-refractivity contribution in [2.75, 3.05) is 11.1 Å². The molecular weight excluding hydrogens is 438 g/mol. The molecule has 0 atom stereocenters. The van der Waals surface area contributed by atoms with Gasteiger partial charge in [0, 0.05) is 11.6 Å². The fourth-order valence-electron chi connectivity index (χ4n) is 2.44. The standard InChI is InChI=1S/C19H17Cl2FN4O2S/c1-2-26-17(10-28-14-6-4-13(22)5-7-14)24-25-19(26)29-11-18(27)23-16-8-3-12(20)9-15(16)21/h3-9H,2,10-11H2,1H3,(H,23,27). The van der Waals surface area contributed by atoms with Crippen LogP contribution in [0.2, 0.25) is 10.0 Å². The van der Waals surface area contributed by atoms with Crippen LogP contribution in [0.25, 0.3) is 0 Å². The number of hydrogen-bond donors (Lipinski definition) is 1. The van der Waals surface area contributed by atoms with Crippen LogP contribution in [0.3, 0.4) is 0 Å². The predicted octanol–water partition coefficient (Wildman–Crippen LogP) is 5.05. The molecule has 1 heterocycles. The third kappa shape index (κ3) is 5.85. The fourth-order valence-corrected chi connectivity index (χ4v) is 3.71. The number of anilines is 1. The molecule has 0 unspecified atom stereocenters. The van der Waals surface area contributed by atoms with Gasteiger partial charge in [-0.25, -0.2) is 4.39 Å². The van der Waals surface area contributed by atoms with Crippen molar-refractivity contribution in [3.8, 4) is 5.75 Å². The Morgan fingerprint density at radius 1 is 1.21 bits per heavy atom. The van der Waals surface area contributed by atoms with Crippen LogP contribution in [0.4, 0.5) is 10.1 Å². The van der Waals surface area contributed by atoms with E-state index >= 15 is 0 Å². The van der Waals surface area contributed by atoms with Crippen molar-refractivity contribution < 1.29 is 13.9 Å². The van der Waals surface area contributed by atoms with Gasteiger partial charge in [0.05, 0.1) is 16.5 Å². The average Bonchev–Trinajstić information content (AvgIpc) is 3.10. The van der Waals surface area contributed by atoms with Crippen LogP contribution < -0.4 is 10.1 Å². The Morgan fingerprint density at radius 3 is 2.66 bits per heavy atom. The number of halogens is 3. The largest absolute Gasteiger partial charge is 0.486 e. The molecule has 0 aliphatic carbocycles. The first kappa shape index (κ1) is 21.4. The van der Waals surface area contributed by atoms with Gasteiger partial charge >= 0.3 is 0 Å². The van der Waals surface area contributed by atoms with Gasteiger partial charge < -0.3 is 14.6 Å². The smallest absolute Gasteiger partial charge is 0.234 e. The number of carbonyl (C=O) groups excluding carboxylic acids is 1. The second-order valence-corrected chi connectivity index (χ2v) is 7.63. The summed E-state index contributed by atoms with van der Waals surface area (Å²) >= 11 is 13.2. The minimum Gasteiger partial charge on any atom is -0.486 e. The number of carbonyl (C=O) groups is 1. The van der Waals surface area contributed by atoms with Crippen molar-refractivity contribution in [1.29, 1.82) is 0 Å². The molecule has 3 rings (SSSR count). The number of rotatable bonds is 8. The summed E-state index contributed by atoms with van der Waals surface area (Å²) in [6, 6.07) is 10.6. The van der Waals surface area contributed by atoms with Gasteiger partial charge in [0.1, 0.15) is 18.2 Å². The number of ether oxygens (including phenoxy) is 1. The van der Waals surface area contributed by atoms with Crippen molar-refractivity contribution in [3.05, 3.63) is 64.2 Å². The second-order valence-electron chi connectivity index (χ2n) is 5.85. The maximum absolute atomic E-state index is 13.0. The van der Waals surface area contributed by atoms with E-state index in [0.717, 1.165) is 0 Å². The molecule has 0 saturated carbocycles. The maximum atomic E-state index is 13.0. The van der Waals surface area contributed by atoms with Crippen molar-refractivity contribution in [2.24, 2.45) is 0 Å². The monoisotopic (exact) mass is 454 g/mol. The first-order valence-electron chi connectivity index (χ1n) is 8.64. The molecule has 1 amide bonds. The molecule has 29 heavy (non-hydrogen) atoms. The predicted molar refractivity (Wildman–Crippen MR) is 112 cm³/mol. The first-order chi connectivity index (χ1) is 14.0. The van der Waals surface area contributed by atoms with Gasteiger partial charge in [-0.15, -0.1) is 10.2 Å². The van der Waals surface area contributed by atoms with E-state index in [0.29, 0.717) is 39.0 Å². The Bertz CT molecular complexity index is 998. The molecule has 0 spiro atoms. The van der Waals surface area contributed by atoms with Crippen molar-refractivity contribution in [1.82, 2.24) is 14.8 Å². The van der Waals surface area contributed by atoms with E-state index in [1.54, 1.807) is 30.3 Å². The highest BCUT2D eigenvalue weighted by Crippen LogP contribution is 2.26. The highest BCUT2D eigenvalue weighted by molar-refractivity contribution is 7.99. The van der Waals surface area contributed by atoms with E-state index in [-0.39, 0.29) is 24.1 Å². The lowest BCUT2D eigenvalue weighted by Crippen LogP contribution is -2.15. The van der Waals surface area contributed by atoms with Crippen molar-refractivity contribution >= 4 is 46.6 Å². The molecule has 0 aliphatic heterocycles. The summed E-state index contributed by atoms with van der Waals surface area (Å²) < 4.78 is 20.5. The molecule has 1 N–H and O–H groups in total. The van der Waals surface area contributed by atoms with Crippen LogP contribution in [0.5, 0.6) is 5.75 Å². The molecule has 152 valence electrons. The number of nitrogens with zero attached hydrogens (tertiary/aromatic N) is 3. The molecule has 0 bridgehead atoms. The van der Waals surface area contributed by atoms with E-state index in [4.69, 9.17) is 27.9 Å². The Morgan fingerprint density at radius 2 is 1.97 bits per heavy atom. The number of hydrogen-bond acceptors (Lipinski definition) is 5. The molecule has 1 aromatic heterocycles. The first-order valence-corrected chi connectivity index (χ1v) is 10.4. The van der Waals surface area contributed by atoms with Gasteiger partial charge in [0.25, 0.3) is 0 Å². The second kappa shape index (κ2) is 9.96. The van der Waals surface area contributed by atoms with Crippen LogP contribution >= 0.6 is 35.0 Å². The summed E-state index contributed by atoms with van der Waals surface area (Å²) in [4.78, 5) is 12.2.